The number of hydrogen-bond donors (Lipinski definition) is 2. The number of halogens is 1. The van der Waals surface area contributed by atoms with Gasteiger partial charge >= 0.3 is 0 Å². The molecule has 7 heteroatoms. The minimum Gasteiger partial charge on any atom is -0.357 e. The van der Waals surface area contributed by atoms with Gasteiger partial charge in [0.25, 0.3) is 0 Å². The molecule has 6 nitrogen and oxygen atoms in total. The number of nitrogens with zero attached hydrogens (tertiary/aromatic N) is 4. The van der Waals surface area contributed by atoms with Crippen molar-refractivity contribution >= 4 is 29.9 Å². The van der Waals surface area contributed by atoms with Crippen molar-refractivity contribution in [3.8, 4) is 23.5 Å². The first-order valence-corrected chi connectivity index (χ1v) is 9.25. The van der Waals surface area contributed by atoms with Crippen LogP contribution in [0.1, 0.15) is 18.1 Å². The van der Waals surface area contributed by atoms with Crippen molar-refractivity contribution in [2.24, 2.45) is 4.99 Å². The van der Waals surface area contributed by atoms with Crippen LogP contribution in [0.15, 0.2) is 66.2 Å². The number of guanidine groups is 1. The highest BCUT2D eigenvalue weighted by Crippen LogP contribution is 2.25. The van der Waals surface area contributed by atoms with Crippen LogP contribution in [0.2, 0.25) is 0 Å². The van der Waals surface area contributed by atoms with Crippen LogP contribution < -0.4 is 10.6 Å². The minimum atomic E-state index is 0. The molecule has 0 aliphatic carbocycles. The monoisotopic (exact) mass is 500 g/mol. The molecule has 3 aromatic rings. The molecule has 2 N–H and O–H groups in total. The highest BCUT2D eigenvalue weighted by molar-refractivity contribution is 14.0. The van der Waals surface area contributed by atoms with E-state index < -0.39 is 0 Å². The van der Waals surface area contributed by atoms with Crippen LogP contribution in [-0.4, -0.2) is 33.8 Å². The quantitative estimate of drug-likeness (QED) is 0.226. The molecule has 0 fully saturated rings. The summed E-state index contributed by atoms with van der Waals surface area (Å²) in [4.78, 5) is 8.63. The fraction of sp³-hybridized carbons (Fsp3) is 0.227. The fourth-order valence-electron chi connectivity index (χ4n) is 2.87. The normalized spacial score (nSPS) is 10.7. The molecule has 0 amide bonds. The van der Waals surface area contributed by atoms with E-state index in [4.69, 9.17) is 6.42 Å². The van der Waals surface area contributed by atoms with E-state index in [2.05, 4.69) is 68.0 Å². The first-order valence-electron chi connectivity index (χ1n) is 9.25. The summed E-state index contributed by atoms with van der Waals surface area (Å²) in [6, 6.07) is 16.8. The van der Waals surface area contributed by atoms with E-state index in [0.29, 0.717) is 19.6 Å². The SMILES string of the molecule is C#CCNC(=NCc1ccccc1-c1ccc(Cn2cncn2)cc1)NCC.I. The smallest absolute Gasteiger partial charge is 0.192 e. The van der Waals surface area contributed by atoms with Gasteiger partial charge in [0.15, 0.2) is 5.96 Å². The summed E-state index contributed by atoms with van der Waals surface area (Å²) in [5, 5.41) is 10.5. The average molecular weight is 500 g/mol. The van der Waals surface area contributed by atoms with Crippen LogP contribution in [0.4, 0.5) is 0 Å². The number of aliphatic imine (C=N–C) groups is 1. The van der Waals surface area contributed by atoms with Gasteiger partial charge in [-0.3, -0.25) is 0 Å². The third-order valence-electron chi connectivity index (χ3n) is 4.20. The van der Waals surface area contributed by atoms with Gasteiger partial charge in [0.05, 0.1) is 19.6 Å². The van der Waals surface area contributed by atoms with Crippen LogP contribution in [0, 0.1) is 12.3 Å². The maximum atomic E-state index is 5.33. The van der Waals surface area contributed by atoms with Crippen molar-refractivity contribution < 1.29 is 0 Å². The largest absolute Gasteiger partial charge is 0.357 e. The molecular weight excluding hydrogens is 475 g/mol. The predicted octanol–water partition coefficient (Wildman–Crippen LogP) is 3.30. The Morgan fingerprint density at radius 1 is 1.14 bits per heavy atom. The van der Waals surface area contributed by atoms with Gasteiger partial charge in [-0.2, -0.15) is 5.10 Å². The molecule has 1 aromatic heterocycles. The lowest BCUT2D eigenvalue weighted by Gasteiger charge is -2.12. The number of rotatable bonds is 7. The molecule has 0 unspecified atom stereocenters. The zero-order chi connectivity index (χ0) is 19.6. The van der Waals surface area contributed by atoms with Crippen LogP contribution in [0.3, 0.4) is 0 Å². The van der Waals surface area contributed by atoms with E-state index >= 15 is 0 Å². The maximum Gasteiger partial charge on any atom is 0.192 e. The second kappa shape index (κ2) is 11.9. The van der Waals surface area contributed by atoms with Gasteiger partial charge in [-0.25, -0.2) is 14.7 Å². The van der Waals surface area contributed by atoms with Gasteiger partial charge in [-0.15, -0.1) is 30.4 Å². The Hall–Kier alpha value is -2.86. The minimum absolute atomic E-state index is 0. The molecule has 0 saturated carbocycles. The van der Waals surface area contributed by atoms with E-state index in [1.54, 1.807) is 12.7 Å². The lowest BCUT2D eigenvalue weighted by Crippen LogP contribution is -2.37. The molecule has 1 heterocycles. The van der Waals surface area contributed by atoms with Gasteiger partial charge < -0.3 is 10.6 Å². The van der Waals surface area contributed by atoms with E-state index in [1.807, 2.05) is 23.7 Å². The van der Waals surface area contributed by atoms with Gasteiger partial charge in [-0.1, -0.05) is 54.5 Å². The van der Waals surface area contributed by atoms with Gasteiger partial charge in [0, 0.05) is 6.54 Å². The molecule has 0 atom stereocenters. The molecule has 29 heavy (non-hydrogen) atoms. The van der Waals surface area contributed by atoms with Crippen molar-refractivity contribution in [3.63, 3.8) is 0 Å². The van der Waals surface area contributed by atoms with E-state index in [-0.39, 0.29) is 24.0 Å². The highest BCUT2D eigenvalue weighted by Gasteiger charge is 2.06. The molecule has 0 aliphatic rings. The summed E-state index contributed by atoms with van der Waals surface area (Å²) in [6.45, 7) is 4.53. The Kier molecular flexibility index (Phi) is 9.18. The molecule has 3 rings (SSSR count). The van der Waals surface area contributed by atoms with E-state index in [1.165, 1.54) is 11.1 Å². The molecule has 0 bridgehead atoms. The topological polar surface area (TPSA) is 67.1 Å². The Labute approximate surface area is 188 Å². The van der Waals surface area contributed by atoms with Crippen LogP contribution in [-0.2, 0) is 13.1 Å². The zero-order valence-electron chi connectivity index (χ0n) is 16.4. The molecule has 2 aromatic carbocycles. The van der Waals surface area contributed by atoms with Crippen LogP contribution in [0.5, 0.6) is 0 Å². The Morgan fingerprint density at radius 2 is 1.93 bits per heavy atom. The Morgan fingerprint density at radius 3 is 2.62 bits per heavy atom. The van der Waals surface area contributed by atoms with Crippen molar-refractivity contribution in [3.05, 3.63) is 72.3 Å². The molecule has 0 aliphatic heterocycles. The van der Waals surface area contributed by atoms with Gasteiger partial charge in [0.2, 0.25) is 0 Å². The number of nitrogens with one attached hydrogen (secondary N) is 2. The Bertz CT molecular complexity index is 942. The first-order chi connectivity index (χ1) is 13.8. The second-order valence-electron chi connectivity index (χ2n) is 6.20. The lowest BCUT2D eigenvalue weighted by molar-refractivity contribution is 0.685. The van der Waals surface area contributed by atoms with E-state index in [0.717, 1.165) is 23.6 Å². The molecular formula is C22H25IN6. The summed E-state index contributed by atoms with van der Waals surface area (Å²) in [5.74, 6) is 3.29. The predicted molar refractivity (Wildman–Crippen MR) is 128 cm³/mol. The number of aromatic nitrogens is 3. The van der Waals surface area contributed by atoms with Crippen molar-refractivity contribution in [2.45, 2.75) is 20.0 Å². The summed E-state index contributed by atoms with van der Waals surface area (Å²) in [7, 11) is 0. The second-order valence-corrected chi connectivity index (χ2v) is 6.20. The third-order valence-corrected chi connectivity index (χ3v) is 4.20. The summed E-state index contributed by atoms with van der Waals surface area (Å²) < 4.78 is 1.81. The van der Waals surface area contributed by atoms with Gasteiger partial charge in [0.1, 0.15) is 12.7 Å². The van der Waals surface area contributed by atoms with Crippen LogP contribution >= 0.6 is 24.0 Å². The lowest BCUT2D eigenvalue weighted by atomic mass is 9.98. The standard InChI is InChI=1S/C22H24N6.HI/c1-3-13-25-22(24-4-2)26-14-20-7-5-6-8-21(20)19-11-9-18(10-12-19)15-28-17-23-16-27-28;/h1,5-12,16-17H,4,13-15H2,2H3,(H2,24,25,26);1H. The average Bonchev–Trinajstić information content (AvgIpc) is 3.24. The molecule has 0 radical (unpaired) electrons. The maximum absolute atomic E-state index is 5.33. The van der Waals surface area contributed by atoms with Crippen LogP contribution in [0.25, 0.3) is 11.1 Å². The zero-order valence-corrected chi connectivity index (χ0v) is 18.7. The van der Waals surface area contributed by atoms with Crippen molar-refractivity contribution in [2.75, 3.05) is 13.1 Å². The summed E-state index contributed by atoms with van der Waals surface area (Å²) >= 11 is 0. The fourth-order valence-corrected chi connectivity index (χ4v) is 2.87. The van der Waals surface area contributed by atoms with Crippen molar-refractivity contribution in [1.29, 1.82) is 0 Å². The third kappa shape index (κ3) is 6.61. The van der Waals surface area contributed by atoms with E-state index in [9.17, 15) is 0 Å². The Balaban J connectivity index is 0.00000300. The summed E-state index contributed by atoms with van der Waals surface area (Å²) in [6.07, 6.45) is 8.60. The number of hydrogen-bond acceptors (Lipinski definition) is 3. The summed E-state index contributed by atoms with van der Waals surface area (Å²) in [5.41, 5.74) is 4.67. The molecule has 0 saturated heterocycles. The molecule has 0 spiro atoms. The number of terminal acetylenes is 1. The highest BCUT2D eigenvalue weighted by atomic mass is 127. The van der Waals surface area contributed by atoms with Gasteiger partial charge in [-0.05, 0) is 29.2 Å². The van der Waals surface area contributed by atoms with Crippen molar-refractivity contribution in [1.82, 2.24) is 25.4 Å². The number of benzene rings is 2. The molecule has 150 valence electrons. The first kappa shape index (κ1) is 22.4.